The van der Waals surface area contributed by atoms with Crippen LogP contribution in [-0.2, 0) is 5.41 Å². The lowest BCUT2D eigenvalue weighted by atomic mass is 9.71. The summed E-state index contributed by atoms with van der Waals surface area (Å²) in [6.45, 7) is 4.45. The third-order valence-corrected chi connectivity index (χ3v) is 4.71. The molecule has 0 spiro atoms. The summed E-state index contributed by atoms with van der Waals surface area (Å²) in [4.78, 5) is 0. The molecule has 0 aromatic heterocycles. The van der Waals surface area contributed by atoms with Gasteiger partial charge in [-0.3, -0.25) is 0 Å². The number of hydrogen-bond donors (Lipinski definition) is 1. The van der Waals surface area contributed by atoms with Gasteiger partial charge >= 0.3 is 0 Å². The van der Waals surface area contributed by atoms with Crippen molar-refractivity contribution >= 4 is 11.6 Å². The van der Waals surface area contributed by atoms with Gasteiger partial charge in [-0.1, -0.05) is 75.2 Å². The van der Waals surface area contributed by atoms with E-state index in [9.17, 15) is 0 Å². The molecule has 1 N–H and O–H groups in total. The minimum Gasteiger partial charge on any atom is -0.315 e. The predicted molar refractivity (Wildman–Crippen MR) is 84.0 cm³/mol. The van der Waals surface area contributed by atoms with Crippen molar-refractivity contribution in [2.24, 2.45) is 0 Å². The molecule has 0 radical (unpaired) electrons. The largest absolute Gasteiger partial charge is 0.315 e. The second-order valence-electron chi connectivity index (χ2n) is 5.88. The second-order valence-corrected chi connectivity index (χ2v) is 6.29. The monoisotopic (exact) mass is 279 g/mol. The standard InChI is InChI=1S/C17H26ClN/c1-2-3-4-5-6-9-12-17(13-19-14-17)15-10-7-8-11-16(15)18/h7-8,10-11,19H,2-6,9,12-14H2,1H3. The SMILES string of the molecule is CCCCCCCCC1(c2ccccc2Cl)CNC1. The Morgan fingerprint density at radius 1 is 1.05 bits per heavy atom. The summed E-state index contributed by atoms with van der Waals surface area (Å²) in [6.07, 6.45) is 9.47. The maximum atomic E-state index is 6.37. The highest BCUT2D eigenvalue weighted by molar-refractivity contribution is 6.31. The Hall–Kier alpha value is -0.530. The molecule has 0 atom stereocenters. The van der Waals surface area contributed by atoms with E-state index in [2.05, 4.69) is 24.4 Å². The zero-order valence-electron chi connectivity index (χ0n) is 12.1. The minimum absolute atomic E-state index is 0.309. The first-order valence-corrected chi connectivity index (χ1v) is 8.12. The van der Waals surface area contributed by atoms with E-state index in [1.807, 2.05) is 12.1 Å². The van der Waals surface area contributed by atoms with Crippen molar-refractivity contribution in [3.63, 3.8) is 0 Å². The fraction of sp³-hybridized carbons (Fsp3) is 0.647. The first-order valence-electron chi connectivity index (χ1n) is 7.74. The molecule has 1 fully saturated rings. The van der Waals surface area contributed by atoms with Crippen LogP contribution in [0.1, 0.15) is 57.4 Å². The second kappa shape index (κ2) is 7.31. The molecule has 0 saturated carbocycles. The Morgan fingerprint density at radius 2 is 1.74 bits per heavy atom. The molecule has 0 unspecified atom stereocenters. The van der Waals surface area contributed by atoms with Crippen molar-refractivity contribution in [1.29, 1.82) is 0 Å². The minimum atomic E-state index is 0.309. The Labute approximate surface area is 122 Å². The van der Waals surface area contributed by atoms with Crippen LogP contribution in [0.4, 0.5) is 0 Å². The van der Waals surface area contributed by atoms with Gasteiger partial charge in [0.1, 0.15) is 0 Å². The predicted octanol–water partition coefficient (Wildman–Crippen LogP) is 4.93. The molecule has 1 aromatic carbocycles. The van der Waals surface area contributed by atoms with Gasteiger partial charge in [0, 0.05) is 23.5 Å². The summed E-state index contributed by atoms with van der Waals surface area (Å²) < 4.78 is 0. The molecule has 19 heavy (non-hydrogen) atoms. The van der Waals surface area contributed by atoms with E-state index in [1.165, 1.54) is 50.5 Å². The fourth-order valence-electron chi connectivity index (χ4n) is 3.06. The van der Waals surface area contributed by atoms with Crippen molar-refractivity contribution in [3.05, 3.63) is 34.9 Å². The summed E-state index contributed by atoms with van der Waals surface area (Å²) in [6, 6.07) is 8.37. The maximum Gasteiger partial charge on any atom is 0.0444 e. The van der Waals surface area contributed by atoms with Crippen molar-refractivity contribution in [3.8, 4) is 0 Å². The molecule has 1 aliphatic rings. The lowest BCUT2D eigenvalue weighted by molar-refractivity contribution is 0.249. The van der Waals surface area contributed by atoms with Crippen LogP contribution < -0.4 is 5.32 Å². The summed E-state index contributed by atoms with van der Waals surface area (Å²) >= 11 is 6.37. The van der Waals surface area contributed by atoms with Gasteiger partial charge in [-0.15, -0.1) is 0 Å². The number of halogens is 1. The Kier molecular flexibility index (Phi) is 5.72. The van der Waals surface area contributed by atoms with E-state index in [-0.39, 0.29) is 0 Å². The van der Waals surface area contributed by atoms with Crippen LogP contribution in [0.2, 0.25) is 5.02 Å². The van der Waals surface area contributed by atoms with Gasteiger partial charge in [0.05, 0.1) is 0 Å². The third-order valence-electron chi connectivity index (χ3n) is 4.38. The third kappa shape index (κ3) is 3.73. The summed E-state index contributed by atoms with van der Waals surface area (Å²) in [5.41, 5.74) is 1.66. The average molecular weight is 280 g/mol. The Balaban J connectivity index is 1.84. The highest BCUT2D eigenvalue weighted by atomic mass is 35.5. The number of hydrogen-bond acceptors (Lipinski definition) is 1. The molecule has 1 heterocycles. The molecule has 1 aromatic rings. The summed E-state index contributed by atoms with van der Waals surface area (Å²) in [5.74, 6) is 0. The van der Waals surface area contributed by atoms with E-state index >= 15 is 0 Å². The Bertz CT molecular complexity index is 385. The molecular weight excluding hydrogens is 254 g/mol. The van der Waals surface area contributed by atoms with Gasteiger partial charge in [-0.05, 0) is 18.1 Å². The zero-order valence-corrected chi connectivity index (χ0v) is 12.8. The lowest BCUT2D eigenvalue weighted by Crippen LogP contribution is -2.56. The first-order chi connectivity index (χ1) is 9.28. The van der Waals surface area contributed by atoms with E-state index in [4.69, 9.17) is 11.6 Å². The van der Waals surface area contributed by atoms with Crippen LogP contribution in [0.5, 0.6) is 0 Å². The molecule has 1 saturated heterocycles. The van der Waals surface area contributed by atoms with Gasteiger partial charge in [-0.25, -0.2) is 0 Å². The number of benzene rings is 1. The van der Waals surface area contributed by atoms with E-state index in [0.717, 1.165) is 18.1 Å². The fourth-order valence-corrected chi connectivity index (χ4v) is 3.40. The summed E-state index contributed by atoms with van der Waals surface area (Å²) in [5, 5.41) is 4.37. The van der Waals surface area contributed by atoms with Gasteiger partial charge in [-0.2, -0.15) is 0 Å². The smallest absolute Gasteiger partial charge is 0.0444 e. The van der Waals surface area contributed by atoms with Gasteiger partial charge in [0.15, 0.2) is 0 Å². The van der Waals surface area contributed by atoms with Gasteiger partial charge in [0.2, 0.25) is 0 Å². The molecule has 1 aliphatic heterocycles. The number of rotatable bonds is 8. The van der Waals surface area contributed by atoms with Crippen LogP contribution >= 0.6 is 11.6 Å². The Morgan fingerprint density at radius 3 is 2.37 bits per heavy atom. The maximum absolute atomic E-state index is 6.37. The molecule has 1 nitrogen and oxygen atoms in total. The van der Waals surface area contributed by atoms with E-state index in [1.54, 1.807) is 0 Å². The molecular formula is C17H26ClN. The average Bonchev–Trinajstić information content (AvgIpc) is 2.37. The number of unbranched alkanes of at least 4 members (excludes halogenated alkanes) is 5. The lowest BCUT2D eigenvalue weighted by Gasteiger charge is -2.44. The molecule has 0 aliphatic carbocycles. The highest BCUT2D eigenvalue weighted by Gasteiger charge is 2.39. The molecule has 0 bridgehead atoms. The zero-order chi connectivity index (χ0) is 13.6. The van der Waals surface area contributed by atoms with Gasteiger partial charge in [0.25, 0.3) is 0 Å². The van der Waals surface area contributed by atoms with Crippen molar-refractivity contribution in [1.82, 2.24) is 5.32 Å². The topological polar surface area (TPSA) is 12.0 Å². The quantitative estimate of drug-likeness (QED) is 0.665. The van der Waals surface area contributed by atoms with E-state index < -0.39 is 0 Å². The first kappa shape index (κ1) is 14.9. The van der Waals surface area contributed by atoms with Crippen LogP contribution in [0.3, 0.4) is 0 Å². The van der Waals surface area contributed by atoms with E-state index in [0.29, 0.717) is 5.41 Å². The summed E-state index contributed by atoms with van der Waals surface area (Å²) in [7, 11) is 0. The molecule has 106 valence electrons. The highest BCUT2D eigenvalue weighted by Crippen LogP contribution is 2.37. The molecule has 2 rings (SSSR count). The van der Waals surface area contributed by atoms with Crippen LogP contribution in [0.25, 0.3) is 0 Å². The van der Waals surface area contributed by atoms with Crippen molar-refractivity contribution in [2.75, 3.05) is 13.1 Å². The number of nitrogens with one attached hydrogen (secondary N) is 1. The van der Waals surface area contributed by atoms with Crippen LogP contribution in [0, 0.1) is 0 Å². The van der Waals surface area contributed by atoms with Crippen molar-refractivity contribution < 1.29 is 0 Å². The molecule has 0 amide bonds. The van der Waals surface area contributed by atoms with Crippen molar-refractivity contribution in [2.45, 2.75) is 57.3 Å². The normalized spacial score (nSPS) is 17.2. The van der Waals surface area contributed by atoms with Crippen LogP contribution in [0.15, 0.2) is 24.3 Å². The van der Waals surface area contributed by atoms with Gasteiger partial charge < -0.3 is 5.32 Å². The van der Waals surface area contributed by atoms with Crippen LogP contribution in [-0.4, -0.2) is 13.1 Å². The molecule has 2 heteroatoms.